The van der Waals surface area contributed by atoms with Gasteiger partial charge in [-0.2, -0.15) is 0 Å². The molecule has 104 valence electrons. The van der Waals surface area contributed by atoms with E-state index in [9.17, 15) is 18.5 Å². The zero-order chi connectivity index (χ0) is 14.0. The van der Waals surface area contributed by atoms with Crippen molar-refractivity contribution in [2.45, 2.75) is 17.7 Å². The van der Waals surface area contributed by atoms with Crippen LogP contribution in [-0.4, -0.2) is 27.0 Å². The van der Waals surface area contributed by atoms with Crippen molar-refractivity contribution in [3.8, 4) is 5.75 Å². The van der Waals surface area contributed by atoms with Gasteiger partial charge in [-0.15, -0.1) is 0 Å². The van der Waals surface area contributed by atoms with Crippen LogP contribution in [0.4, 0.5) is 5.69 Å². The summed E-state index contributed by atoms with van der Waals surface area (Å²) in [6.45, 7) is 0.325. The summed E-state index contributed by atoms with van der Waals surface area (Å²) >= 11 is 0. The molecule has 0 atom stereocenters. The number of nitro groups is 1. The van der Waals surface area contributed by atoms with Gasteiger partial charge in [0.25, 0.3) is 5.69 Å². The third-order valence-electron chi connectivity index (χ3n) is 2.91. The summed E-state index contributed by atoms with van der Waals surface area (Å²) in [5, 5.41) is 10.9. The number of hydrogen-bond donors (Lipinski definition) is 1. The third kappa shape index (κ3) is 3.21. The van der Waals surface area contributed by atoms with E-state index in [4.69, 9.17) is 4.74 Å². The van der Waals surface area contributed by atoms with Gasteiger partial charge in [0.1, 0.15) is 5.75 Å². The van der Waals surface area contributed by atoms with Crippen LogP contribution in [0.3, 0.4) is 0 Å². The molecule has 0 bridgehead atoms. The van der Waals surface area contributed by atoms with E-state index in [0.717, 1.165) is 18.9 Å². The van der Waals surface area contributed by atoms with E-state index in [1.807, 2.05) is 0 Å². The lowest BCUT2D eigenvalue weighted by atomic mass is 10.3. The largest absolute Gasteiger partial charge is 0.497 e. The summed E-state index contributed by atoms with van der Waals surface area (Å²) in [5.74, 6) is 0.597. The molecular weight excluding hydrogens is 272 g/mol. The van der Waals surface area contributed by atoms with Crippen LogP contribution in [0.15, 0.2) is 23.1 Å². The second-order valence-corrected chi connectivity index (χ2v) is 6.12. The smallest absolute Gasteiger partial charge is 0.293 e. The Balaban J connectivity index is 2.33. The lowest BCUT2D eigenvalue weighted by Crippen LogP contribution is -2.26. The first kappa shape index (κ1) is 13.8. The van der Waals surface area contributed by atoms with Crippen molar-refractivity contribution in [2.24, 2.45) is 5.92 Å². The molecule has 0 amide bonds. The highest BCUT2D eigenvalue weighted by Gasteiger charge is 2.29. The van der Waals surface area contributed by atoms with Crippen molar-refractivity contribution in [3.63, 3.8) is 0 Å². The number of nitro benzene ring substituents is 1. The zero-order valence-corrected chi connectivity index (χ0v) is 11.1. The number of ether oxygens (including phenoxy) is 1. The Hall–Kier alpha value is -1.67. The predicted molar refractivity (Wildman–Crippen MR) is 67.6 cm³/mol. The molecular formula is C11H14N2O5S. The van der Waals surface area contributed by atoms with Gasteiger partial charge in [0.2, 0.25) is 10.0 Å². The Kier molecular flexibility index (Phi) is 3.72. The monoisotopic (exact) mass is 286 g/mol. The first-order valence-electron chi connectivity index (χ1n) is 5.76. The maximum absolute atomic E-state index is 12.0. The molecule has 1 aliphatic carbocycles. The normalized spacial score (nSPS) is 15.2. The highest BCUT2D eigenvalue weighted by atomic mass is 32.2. The molecule has 0 saturated heterocycles. The van der Waals surface area contributed by atoms with Crippen LogP contribution in [0.5, 0.6) is 5.75 Å². The summed E-state index contributed by atoms with van der Waals surface area (Å²) in [4.78, 5) is 9.88. The Morgan fingerprint density at radius 3 is 2.68 bits per heavy atom. The van der Waals surface area contributed by atoms with E-state index in [2.05, 4.69) is 4.72 Å². The van der Waals surface area contributed by atoms with E-state index < -0.39 is 20.6 Å². The zero-order valence-electron chi connectivity index (χ0n) is 10.3. The van der Waals surface area contributed by atoms with Gasteiger partial charge in [-0.1, -0.05) is 0 Å². The molecule has 7 nitrogen and oxygen atoms in total. The number of hydrogen-bond acceptors (Lipinski definition) is 5. The fraction of sp³-hybridized carbons (Fsp3) is 0.455. The molecule has 0 spiro atoms. The van der Waals surface area contributed by atoms with E-state index in [1.165, 1.54) is 19.2 Å². The van der Waals surface area contributed by atoms with Crippen molar-refractivity contribution < 1.29 is 18.1 Å². The SMILES string of the molecule is COc1ccc(S(=O)(=O)NCC2CC2)c([N+](=O)[O-])c1. The average molecular weight is 286 g/mol. The Bertz CT molecular complexity index is 595. The standard InChI is InChI=1S/C11H14N2O5S/c1-18-9-4-5-11(10(6-9)13(14)15)19(16,17)12-7-8-2-3-8/h4-6,8,12H,2-3,7H2,1H3. The van der Waals surface area contributed by atoms with Crippen LogP contribution in [0.1, 0.15) is 12.8 Å². The molecule has 0 aliphatic heterocycles. The fourth-order valence-corrected chi connectivity index (χ4v) is 2.89. The van der Waals surface area contributed by atoms with Crippen LogP contribution < -0.4 is 9.46 Å². The molecule has 2 rings (SSSR count). The Morgan fingerprint density at radius 2 is 2.16 bits per heavy atom. The minimum Gasteiger partial charge on any atom is -0.497 e. The molecule has 1 aromatic carbocycles. The molecule has 1 aliphatic rings. The lowest BCUT2D eigenvalue weighted by molar-refractivity contribution is -0.387. The van der Waals surface area contributed by atoms with Crippen molar-refractivity contribution >= 4 is 15.7 Å². The molecule has 0 radical (unpaired) electrons. The summed E-state index contributed by atoms with van der Waals surface area (Å²) in [5.41, 5.74) is -0.484. The van der Waals surface area contributed by atoms with Crippen LogP contribution in [0.2, 0.25) is 0 Å². The van der Waals surface area contributed by atoms with Crippen molar-refractivity contribution in [1.82, 2.24) is 4.72 Å². The maximum atomic E-state index is 12.0. The first-order chi connectivity index (χ1) is 8.94. The number of rotatable bonds is 6. The van der Waals surface area contributed by atoms with E-state index >= 15 is 0 Å². The molecule has 8 heteroatoms. The summed E-state index contributed by atoms with van der Waals surface area (Å²) in [7, 11) is -2.50. The van der Waals surface area contributed by atoms with Crippen LogP contribution in [-0.2, 0) is 10.0 Å². The predicted octanol–water partition coefficient (Wildman–Crippen LogP) is 1.29. The van der Waals surface area contributed by atoms with Gasteiger partial charge < -0.3 is 4.74 Å². The van der Waals surface area contributed by atoms with Gasteiger partial charge in [0.15, 0.2) is 4.90 Å². The summed E-state index contributed by atoms with van der Waals surface area (Å²) in [6, 6.07) is 3.68. The van der Waals surface area contributed by atoms with Crippen LogP contribution in [0, 0.1) is 16.0 Å². The second-order valence-electron chi connectivity index (χ2n) is 4.39. The topological polar surface area (TPSA) is 98.5 Å². The quantitative estimate of drug-likeness (QED) is 0.627. The number of sulfonamides is 1. The minimum atomic E-state index is -3.86. The highest BCUT2D eigenvalue weighted by Crippen LogP contribution is 2.30. The second kappa shape index (κ2) is 5.14. The third-order valence-corrected chi connectivity index (χ3v) is 4.38. The van der Waals surface area contributed by atoms with Crippen LogP contribution >= 0.6 is 0 Å². The van der Waals surface area contributed by atoms with Crippen molar-refractivity contribution in [1.29, 1.82) is 0 Å². The molecule has 0 unspecified atom stereocenters. The lowest BCUT2D eigenvalue weighted by Gasteiger charge is -2.07. The molecule has 0 heterocycles. The van der Waals surface area contributed by atoms with Crippen molar-refractivity contribution in [2.75, 3.05) is 13.7 Å². The maximum Gasteiger partial charge on any atom is 0.293 e. The number of benzene rings is 1. The molecule has 0 aromatic heterocycles. The van der Waals surface area contributed by atoms with Gasteiger partial charge in [-0.3, -0.25) is 10.1 Å². The summed E-state index contributed by atoms with van der Waals surface area (Å²) < 4.78 is 31.3. The Morgan fingerprint density at radius 1 is 1.47 bits per heavy atom. The molecule has 1 saturated carbocycles. The van der Waals surface area contributed by atoms with Crippen molar-refractivity contribution in [3.05, 3.63) is 28.3 Å². The molecule has 1 aromatic rings. The van der Waals surface area contributed by atoms with Gasteiger partial charge in [-0.25, -0.2) is 13.1 Å². The van der Waals surface area contributed by atoms with Gasteiger partial charge >= 0.3 is 0 Å². The van der Waals surface area contributed by atoms with Gasteiger partial charge in [0.05, 0.1) is 18.1 Å². The Labute approximate surface area is 110 Å². The van der Waals surface area contributed by atoms with E-state index in [0.29, 0.717) is 12.5 Å². The van der Waals surface area contributed by atoms with Gasteiger partial charge in [-0.05, 0) is 30.9 Å². The van der Waals surface area contributed by atoms with E-state index in [-0.39, 0.29) is 10.6 Å². The first-order valence-corrected chi connectivity index (χ1v) is 7.24. The van der Waals surface area contributed by atoms with E-state index in [1.54, 1.807) is 0 Å². The average Bonchev–Trinajstić information content (AvgIpc) is 3.19. The fourth-order valence-electron chi connectivity index (χ4n) is 1.62. The molecule has 1 N–H and O–H groups in total. The highest BCUT2D eigenvalue weighted by molar-refractivity contribution is 7.89. The van der Waals surface area contributed by atoms with Crippen LogP contribution in [0.25, 0.3) is 0 Å². The number of nitrogens with zero attached hydrogens (tertiary/aromatic N) is 1. The molecule has 19 heavy (non-hydrogen) atoms. The number of methoxy groups -OCH3 is 1. The minimum absolute atomic E-state index is 0.243. The summed E-state index contributed by atoms with van der Waals surface area (Å²) in [6.07, 6.45) is 1.99. The molecule has 1 fully saturated rings. The van der Waals surface area contributed by atoms with Gasteiger partial charge in [0, 0.05) is 6.54 Å². The number of nitrogens with one attached hydrogen (secondary N) is 1.